The summed E-state index contributed by atoms with van der Waals surface area (Å²) in [7, 11) is -3.15. The summed E-state index contributed by atoms with van der Waals surface area (Å²) >= 11 is 0. The second-order valence-electron chi connectivity index (χ2n) is 7.20. The van der Waals surface area contributed by atoms with E-state index in [9.17, 15) is 13.2 Å². The number of ether oxygens (including phenoxy) is 2. The molecule has 138 valence electrons. The highest BCUT2D eigenvalue weighted by Crippen LogP contribution is 2.37. The predicted molar refractivity (Wildman–Crippen MR) is 88.8 cm³/mol. The molecule has 8 heteroatoms. The van der Waals surface area contributed by atoms with Gasteiger partial charge in [-0.25, -0.2) is 12.7 Å². The van der Waals surface area contributed by atoms with Gasteiger partial charge in [-0.1, -0.05) is 6.42 Å². The second kappa shape index (κ2) is 7.27. The zero-order valence-electron chi connectivity index (χ0n) is 14.3. The standard InChI is InChI=1S/C16H28N2O5S/c1-24(20,21)18-9-5-13(6-10-18)15(19)17-11-14-12-22-16(23-14)7-3-2-4-8-16/h13-14H,2-12H2,1H3,(H,17,19). The van der Waals surface area contributed by atoms with E-state index in [1.54, 1.807) is 0 Å². The lowest BCUT2D eigenvalue weighted by atomic mass is 9.94. The van der Waals surface area contributed by atoms with Crippen molar-refractivity contribution < 1.29 is 22.7 Å². The molecule has 1 N–H and O–H groups in total. The smallest absolute Gasteiger partial charge is 0.223 e. The Kier molecular flexibility index (Phi) is 5.48. The molecule has 1 saturated carbocycles. The maximum Gasteiger partial charge on any atom is 0.223 e. The minimum absolute atomic E-state index is 0.00338. The lowest BCUT2D eigenvalue weighted by molar-refractivity contribution is -0.186. The Morgan fingerprint density at radius 3 is 2.50 bits per heavy atom. The molecule has 0 bridgehead atoms. The summed E-state index contributed by atoms with van der Waals surface area (Å²) in [5.74, 6) is -0.528. The quantitative estimate of drug-likeness (QED) is 0.803. The van der Waals surface area contributed by atoms with E-state index < -0.39 is 15.8 Å². The van der Waals surface area contributed by atoms with E-state index >= 15 is 0 Å². The molecule has 0 aromatic heterocycles. The van der Waals surface area contributed by atoms with Gasteiger partial charge in [0.25, 0.3) is 0 Å². The summed E-state index contributed by atoms with van der Waals surface area (Å²) in [6, 6.07) is 0. The average molecular weight is 360 g/mol. The van der Waals surface area contributed by atoms with Gasteiger partial charge in [0, 0.05) is 38.4 Å². The molecule has 1 atom stereocenters. The number of amides is 1. The summed E-state index contributed by atoms with van der Waals surface area (Å²) in [5.41, 5.74) is 0. The number of carbonyl (C=O) groups excluding carboxylic acids is 1. The number of hydrogen-bond acceptors (Lipinski definition) is 5. The molecule has 1 aliphatic carbocycles. The molecule has 7 nitrogen and oxygen atoms in total. The van der Waals surface area contributed by atoms with E-state index in [1.807, 2.05) is 0 Å². The van der Waals surface area contributed by atoms with Gasteiger partial charge in [0.2, 0.25) is 15.9 Å². The molecule has 2 saturated heterocycles. The van der Waals surface area contributed by atoms with Crippen LogP contribution in [0.15, 0.2) is 0 Å². The number of nitrogens with zero attached hydrogens (tertiary/aromatic N) is 1. The third-order valence-corrected chi connectivity index (χ3v) is 6.63. The van der Waals surface area contributed by atoms with Crippen molar-refractivity contribution in [2.24, 2.45) is 5.92 Å². The fraction of sp³-hybridized carbons (Fsp3) is 0.938. The number of hydrogen-bond donors (Lipinski definition) is 1. The molecular formula is C16H28N2O5S. The van der Waals surface area contributed by atoms with E-state index in [0.29, 0.717) is 39.1 Å². The van der Waals surface area contributed by atoms with Gasteiger partial charge in [0.15, 0.2) is 5.79 Å². The van der Waals surface area contributed by atoms with Crippen LogP contribution >= 0.6 is 0 Å². The van der Waals surface area contributed by atoms with E-state index in [2.05, 4.69) is 5.32 Å². The molecule has 0 aromatic rings. The Bertz CT molecular complexity index is 551. The first-order chi connectivity index (χ1) is 11.4. The topological polar surface area (TPSA) is 84.9 Å². The first kappa shape index (κ1) is 18.1. The molecule has 2 aliphatic heterocycles. The van der Waals surface area contributed by atoms with Gasteiger partial charge in [-0.15, -0.1) is 0 Å². The van der Waals surface area contributed by atoms with E-state index in [1.165, 1.54) is 17.0 Å². The molecule has 3 rings (SSSR count). The SMILES string of the molecule is CS(=O)(=O)N1CCC(C(=O)NCC2COC3(CCCCC3)O2)CC1. The molecule has 1 unspecified atom stereocenters. The van der Waals surface area contributed by atoms with Crippen LogP contribution in [-0.4, -0.2) is 63.0 Å². The monoisotopic (exact) mass is 360 g/mol. The molecule has 3 fully saturated rings. The van der Waals surface area contributed by atoms with Crippen LogP contribution in [0, 0.1) is 5.92 Å². The van der Waals surface area contributed by atoms with E-state index in [4.69, 9.17) is 9.47 Å². The van der Waals surface area contributed by atoms with Crippen LogP contribution in [0.2, 0.25) is 0 Å². The van der Waals surface area contributed by atoms with Crippen LogP contribution in [0.25, 0.3) is 0 Å². The fourth-order valence-electron chi connectivity index (χ4n) is 3.88. The van der Waals surface area contributed by atoms with Crippen LogP contribution in [0.5, 0.6) is 0 Å². The molecule has 0 aromatic carbocycles. The fourth-order valence-corrected chi connectivity index (χ4v) is 4.75. The highest BCUT2D eigenvalue weighted by Gasteiger charge is 2.42. The number of sulfonamides is 1. The summed E-state index contributed by atoms with van der Waals surface area (Å²) < 4.78 is 36.4. The van der Waals surface area contributed by atoms with Gasteiger partial charge in [-0.2, -0.15) is 0 Å². The van der Waals surface area contributed by atoms with Crippen molar-refractivity contribution in [3.63, 3.8) is 0 Å². The van der Waals surface area contributed by atoms with E-state index in [0.717, 1.165) is 25.7 Å². The van der Waals surface area contributed by atoms with Crippen molar-refractivity contribution in [1.29, 1.82) is 0 Å². The first-order valence-corrected chi connectivity index (χ1v) is 10.8. The second-order valence-corrected chi connectivity index (χ2v) is 9.19. The van der Waals surface area contributed by atoms with Crippen LogP contribution in [-0.2, 0) is 24.3 Å². The molecule has 2 heterocycles. The minimum atomic E-state index is -3.15. The molecular weight excluding hydrogens is 332 g/mol. The normalized spacial score (nSPS) is 29.0. The van der Waals surface area contributed by atoms with Crippen LogP contribution in [0.1, 0.15) is 44.9 Å². The van der Waals surface area contributed by atoms with Crippen molar-refractivity contribution in [2.75, 3.05) is 32.5 Å². The largest absolute Gasteiger partial charge is 0.353 e. The highest BCUT2D eigenvalue weighted by atomic mass is 32.2. The summed E-state index contributed by atoms with van der Waals surface area (Å²) in [6.45, 7) is 1.84. The van der Waals surface area contributed by atoms with Gasteiger partial charge in [0.05, 0.1) is 12.9 Å². The average Bonchev–Trinajstić information content (AvgIpc) is 2.95. The Labute approximate surface area is 144 Å². The lowest BCUT2D eigenvalue weighted by Gasteiger charge is -2.32. The number of piperidine rings is 1. The number of carbonyl (C=O) groups is 1. The van der Waals surface area contributed by atoms with Crippen LogP contribution in [0.3, 0.4) is 0 Å². The van der Waals surface area contributed by atoms with Crippen molar-refractivity contribution >= 4 is 15.9 Å². The minimum Gasteiger partial charge on any atom is -0.353 e. The van der Waals surface area contributed by atoms with Crippen molar-refractivity contribution in [3.8, 4) is 0 Å². The van der Waals surface area contributed by atoms with Crippen LogP contribution < -0.4 is 5.32 Å². The number of nitrogens with one attached hydrogen (secondary N) is 1. The third kappa shape index (κ3) is 4.28. The van der Waals surface area contributed by atoms with Crippen molar-refractivity contribution in [1.82, 2.24) is 9.62 Å². The summed E-state index contributed by atoms with van der Waals surface area (Å²) in [6.07, 6.45) is 7.69. The van der Waals surface area contributed by atoms with Crippen LogP contribution in [0.4, 0.5) is 0 Å². The molecule has 1 spiro atoms. The highest BCUT2D eigenvalue weighted by molar-refractivity contribution is 7.88. The summed E-state index contributed by atoms with van der Waals surface area (Å²) in [4.78, 5) is 12.3. The molecule has 24 heavy (non-hydrogen) atoms. The van der Waals surface area contributed by atoms with Crippen molar-refractivity contribution in [2.45, 2.75) is 56.8 Å². The van der Waals surface area contributed by atoms with Gasteiger partial charge in [-0.3, -0.25) is 4.79 Å². The Morgan fingerprint density at radius 1 is 1.21 bits per heavy atom. The maximum atomic E-state index is 12.3. The van der Waals surface area contributed by atoms with Gasteiger partial charge < -0.3 is 14.8 Å². The lowest BCUT2D eigenvalue weighted by Crippen LogP contribution is -2.44. The predicted octanol–water partition coefficient (Wildman–Crippen LogP) is 0.850. The zero-order valence-corrected chi connectivity index (χ0v) is 15.1. The Hall–Kier alpha value is -0.700. The van der Waals surface area contributed by atoms with Gasteiger partial charge >= 0.3 is 0 Å². The first-order valence-electron chi connectivity index (χ1n) is 8.93. The molecule has 3 aliphatic rings. The van der Waals surface area contributed by atoms with Gasteiger partial charge in [-0.05, 0) is 25.7 Å². The van der Waals surface area contributed by atoms with Gasteiger partial charge in [0.1, 0.15) is 6.10 Å². The van der Waals surface area contributed by atoms with Crippen molar-refractivity contribution in [3.05, 3.63) is 0 Å². The zero-order chi connectivity index (χ0) is 17.2. The Balaban J connectivity index is 1.40. The summed E-state index contributed by atoms with van der Waals surface area (Å²) in [5, 5.41) is 2.96. The Morgan fingerprint density at radius 2 is 1.88 bits per heavy atom. The van der Waals surface area contributed by atoms with E-state index in [-0.39, 0.29) is 17.9 Å². The molecule has 1 amide bonds. The number of rotatable bonds is 4. The third-order valence-electron chi connectivity index (χ3n) is 5.33. The maximum absolute atomic E-state index is 12.3. The molecule has 0 radical (unpaired) electrons.